The van der Waals surface area contributed by atoms with E-state index in [0.29, 0.717) is 6.61 Å². The van der Waals surface area contributed by atoms with Gasteiger partial charge in [0.1, 0.15) is 0 Å². The lowest BCUT2D eigenvalue weighted by atomic mass is 9.97. The second-order valence-electron chi connectivity index (χ2n) is 7.82. The van der Waals surface area contributed by atoms with Crippen LogP contribution in [0.15, 0.2) is 23.2 Å². The number of aromatic nitrogens is 1. The molecule has 3 aliphatic rings. The van der Waals surface area contributed by atoms with E-state index in [9.17, 15) is 4.79 Å². The minimum Gasteiger partial charge on any atom is -0.361 e. The molecule has 1 saturated heterocycles. The van der Waals surface area contributed by atoms with Gasteiger partial charge in [0.15, 0.2) is 0 Å². The smallest absolute Gasteiger partial charge is 0.256 e. The number of fused-ring (bicyclic) bond motifs is 3. The molecule has 28 heavy (non-hydrogen) atoms. The molecule has 2 aromatic rings. The monoisotopic (exact) mass is 395 g/mol. The molecule has 0 saturated carbocycles. The highest BCUT2D eigenvalue weighted by Gasteiger charge is 2.30. The van der Waals surface area contributed by atoms with E-state index >= 15 is 0 Å². The van der Waals surface area contributed by atoms with Crippen molar-refractivity contribution in [1.29, 1.82) is 0 Å². The van der Waals surface area contributed by atoms with Gasteiger partial charge in [-0.1, -0.05) is 6.42 Å². The Labute approximate surface area is 169 Å². The molecule has 0 spiro atoms. The third-order valence-corrected chi connectivity index (χ3v) is 6.88. The summed E-state index contributed by atoms with van der Waals surface area (Å²) in [5.41, 5.74) is 7.52. The number of amides is 1. The number of carbonyl (C=O) groups excluding carboxylic acids is 1. The average Bonchev–Trinajstić information content (AvgIpc) is 3.23. The number of rotatable bonds is 3. The maximum absolute atomic E-state index is 12.7. The van der Waals surface area contributed by atoms with Crippen molar-refractivity contribution in [2.45, 2.75) is 44.0 Å². The summed E-state index contributed by atoms with van der Waals surface area (Å²) < 4.78 is 5.51. The lowest BCUT2D eigenvalue weighted by molar-refractivity contribution is -0.110. The van der Waals surface area contributed by atoms with Crippen LogP contribution in [0.3, 0.4) is 0 Å². The van der Waals surface area contributed by atoms with Gasteiger partial charge in [-0.3, -0.25) is 9.69 Å². The molecule has 5 nitrogen and oxygen atoms in total. The van der Waals surface area contributed by atoms with Crippen LogP contribution >= 0.6 is 12.0 Å². The summed E-state index contributed by atoms with van der Waals surface area (Å²) in [6, 6.07) is 4.02. The molecule has 146 valence electrons. The number of hydrogen-bond donors (Lipinski definition) is 2. The minimum absolute atomic E-state index is 0.0218. The zero-order valence-corrected chi connectivity index (χ0v) is 17.0. The van der Waals surface area contributed by atoms with Gasteiger partial charge in [0.05, 0.1) is 12.2 Å². The van der Waals surface area contributed by atoms with Crippen LogP contribution in [0.4, 0.5) is 5.69 Å². The van der Waals surface area contributed by atoms with Gasteiger partial charge in [-0.15, -0.1) is 0 Å². The molecule has 4 heterocycles. The number of hydrogen-bond acceptors (Lipinski definition) is 4. The second-order valence-corrected chi connectivity index (χ2v) is 8.66. The van der Waals surface area contributed by atoms with E-state index in [-0.39, 0.29) is 5.91 Å². The molecule has 0 unspecified atom stereocenters. The number of nitrogens with zero attached hydrogens (tertiary/aromatic N) is 1. The fourth-order valence-electron chi connectivity index (χ4n) is 4.43. The van der Waals surface area contributed by atoms with Gasteiger partial charge in [0.25, 0.3) is 5.91 Å². The first-order valence-corrected chi connectivity index (χ1v) is 10.8. The Morgan fingerprint density at radius 2 is 2.11 bits per heavy atom. The van der Waals surface area contributed by atoms with Crippen molar-refractivity contribution in [3.05, 3.63) is 46.3 Å². The van der Waals surface area contributed by atoms with E-state index in [1.165, 1.54) is 61.1 Å². The molecule has 1 fully saturated rings. The lowest BCUT2D eigenvalue weighted by Crippen LogP contribution is -2.29. The van der Waals surface area contributed by atoms with Gasteiger partial charge < -0.3 is 14.5 Å². The molecule has 0 aliphatic carbocycles. The van der Waals surface area contributed by atoms with E-state index in [0.717, 1.165) is 40.4 Å². The minimum atomic E-state index is -0.0218. The summed E-state index contributed by atoms with van der Waals surface area (Å²) in [5, 5.41) is 3.03. The fraction of sp³-hybridized carbons (Fsp3) is 0.409. The first kappa shape index (κ1) is 18.0. The van der Waals surface area contributed by atoms with Crippen molar-refractivity contribution in [2.24, 2.45) is 0 Å². The van der Waals surface area contributed by atoms with E-state index < -0.39 is 0 Å². The van der Waals surface area contributed by atoms with Gasteiger partial charge in [0.2, 0.25) is 0 Å². The maximum atomic E-state index is 12.7. The number of aromatic amines is 1. The number of likely N-dealkylation sites (tertiary alicyclic amines) is 1. The number of carbonyl (C=O) groups is 1. The molecule has 2 N–H and O–H groups in total. The van der Waals surface area contributed by atoms with Crippen LogP contribution in [0.25, 0.3) is 11.6 Å². The maximum Gasteiger partial charge on any atom is 0.256 e. The van der Waals surface area contributed by atoms with Crippen LogP contribution in [0.5, 0.6) is 0 Å². The zero-order valence-electron chi connectivity index (χ0n) is 16.1. The Bertz CT molecular complexity index is 957. The average molecular weight is 396 g/mol. The molecule has 0 atom stereocenters. The first-order valence-electron chi connectivity index (χ1n) is 10.1. The molecule has 1 aromatic carbocycles. The molecular weight excluding hydrogens is 370 g/mol. The van der Waals surface area contributed by atoms with Crippen LogP contribution in [-0.4, -0.2) is 35.5 Å². The predicted octanol–water partition coefficient (Wildman–Crippen LogP) is 4.38. The molecular formula is C22H25N3O2S. The predicted molar refractivity (Wildman–Crippen MR) is 113 cm³/mol. The molecule has 5 rings (SSSR count). The third kappa shape index (κ3) is 3.19. The van der Waals surface area contributed by atoms with Crippen molar-refractivity contribution < 1.29 is 8.98 Å². The highest BCUT2D eigenvalue weighted by molar-refractivity contribution is 7.94. The van der Waals surface area contributed by atoms with Crippen LogP contribution < -0.4 is 5.32 Å². The van der Waals surface area contributed by atoms with Crippen LogP contribution in [-0.2, 0) is 21.9 Å². The van der Waals surface area contributed by atoms with Crippen molar-refractivity contribution in [1.82, 2.24) is 9.88 Å². The lowest BCUT2D eigenvalue weighted by Gasteiger charge is -2.26. The van der Waals surface area contributed by atoms with E-state index in [4.69, 9.17) is 4.18 Å². The topological polar surface area (TPSA) is 57.4 Å². The normalized spacial score (nSPS) is 20.9. The van der Waals surface area contributed by atoms with Crippen LogP contribution in [0, 0.1) is 6.92 Å². The molecule has 6 heteroatoms. The summed E-state index contributed by atoms with van der Waals surface area (Å²) in [7, 11) is 0. The third-order valence-electron chi connectivity index (χ3n) is 6.04. The number of piperidine rings is 1. The second kappa shape index (κ2) is 7.43. The van der Waals surface area contributed by atoms with E-state index in [1.54, 1.807) is 0 Å². The summed E-state index contributed by atoms with van der Waals surface area (Å²) in [5.74, 6) is -0.0218. The Morgan fingerprint density at radius 3 is 2.96 bits per heavy atom. The van der Waals surface area contributed by atoms with E-state index in [1.807, 2.05) is 18.2 Å². The zero-order chi connectivity index (χ0) is 19.1. The van der Waals surface area contributed by atoms with Gasteiger partial charge in [0, 0.05) is 46.6 Å². The van der Waals surface area contributed by atoms with Crippen LogP contribution in [0.1, 0.15) is 47.2 Å². The van der Waals surface area contributed by atoms with Gasteiger partial charge in [-0.2, -0.15) is 0 Å². The number of benzene rings is 1. The summed E-state index contributed by atoms with van der Waals surface area (Å²) in [4.78, 5) is 19.8. The number of nitrogens with one attached hydrogen (secondary N) is 2. The Kier molecular flexibility index (Phi) is 4.78. The summed E-state index contributed by atoms with van der Waals surface area (Å²) in [6.45, 7) is 6.18. The molecule has 1 amide bonds. The summed E-state index contributed by atoms with van der Waals surface area (Å²) >= 11 is 1.41. The van der Waals surface area contributed by atoms with Crippen molar-refractivity contribution >= 4 is 35.3 Å². The summed E-state index contributed by atoms with van der Waals surface area (Å²) in [6.07, 6.45) is 8.91. The Hall–Kier alpha value is -2.02. The Morgan fingerprint density at radius 1 is 1.25 bits per heavy atom. The molecule has 0 bridgehead atoms. The highest BCUT2D eigenvalue weighted by atomic mass is 32.2. The standard InChI is InChI=1S/C22H25N3O2S/c1-14-15(13-25-8-3-2-4-9-25)12-23-19(14)11-17-21-16-7-10-27-28-20(16)6-5-18(21)24-22(17)26/h5-6,11-12,23H,2-4,7-10,13H2,1H3,(H,24,26)/b17-11-. The molecule has 3 aliphatic heterocycles. The number of H-pyrrole nitrogens is 1. The molecule has 1 aromatic heterocycles. The van der Waals surface area contributed by atoms with Crippen molar-refractivity contribution in [2.75, 3.05) is 25.0 Å². The van der Waals surface area contributed by atoms with Crippen LogP contribution in [0.2, 0.25) is 0 Å². The SMILES string of the molecule is Cc1c(CN2CCCCC2)c[nH]c1/C=C1\C(=O)Nc2ccc3c(c21)CCOS3. The van der Waals surface area contributed by atoms with Gasteiger partial charge in [-0.05, 0) is 74.2 Å². The largest absolute Gasteiger partial charge is 0.361 e. The van der Waals surface area contributed by atoms with Gasteiger partial charge >= 0.3 is 0 Å². The molecule has 0 radical (unpaired) electrons. The van der Waals surface area contributed by atoms with Crippen molar-refractivity contribution in [3.63, 3.8) is 0 Å². The fourth-order valence-corrected chi connectivity index (χ4v) is 5.15. The van der Waals surface area contributed by atoms with Gasteiger partial charge in [-0.25, -0.2) is 0 Å². The Balaban J connectivity index is 1.48. The quantitative estimate of drug-likeness (QED) is 0.598. The van der Waals surface area contributed by atoms with Crippen molar-refractivity contribution in [3.8, 4) is 0 Å². The number of anilines is 1. The van der Waals surface area contributed by atoms with E-state index in [2.05, 4.69) is 28.3 Å². The highest BCUT2D eigenvalue weighted by Crippen LogP contribution is 2.42. The first-order chi connectivity index (χ1) is 13.7.